The van der Waals surface area contributed by atoms with Crippen LogP contribution in [0.2, 0.25) is 0 Å². The van der Waals surface area contributed by atoms with Gasteiger partial charge in [0.25, 0.3) is 11.5 Å². The van der Waals surface area contributed by atoms with Crippen LogP contribution in [0.3, 0.4) is 0 Å². The molecule has 112 valence electrons. The van der Waals surface area contributed by atoms with Crippen molar-refractivity contribution >= 4 is 16.7 Å². The highest BCUT2D eigenvalue weighted by molar-refractivity contribution is 5.96. The number of alkyl halides is 3. The third kappa shape index (κ3) is 3.24. The van der Waals surface area contributed by atoms with Crippen LogP contribution < -0.4 is 10.9 Å². The van der Waals surface area contributed by atoms with Gasteiger partial charge in [0.05, 0.1) is 0 Å². The summed E-state index contributed by atoms with van der Waals surface area (Å²) in [6.45, 7) is 0.408. The summed E-state index contributed by atoms with van der Waals surface area (Å²) in [6, 6.07) is 8.05. The Hall–Kier alpha value is -2.31. The van der Waals surface area contributed by atoms with Crippen molar-refractivity contribution in [3.63, 3.8) is 0 Å². The first-order valence-electron chi connectivity index (χ1n) is 6.31. The van der Waals surface area contributed by atoms with Crippen molar-refractivity contribution < 1.29 is 18.0 Å². The molecule has 2 rings (SSSR count). The lowest BCUT2D eigenvalue weighted by atomic mass is 10.1. The predicted molar refractivity (Wildman–Crippen MR) is 72.3 cm³/mol. The summed E-state index contributed by atoms with van der Waals surface area (Å²) < 4.78 is 37.7. The maximum atomic E-state index is 12.2. The second kappa shape index (κ2) is 5.59. The van der Waals surface area contributed by atoms with Gasteiger partial charge in [-0.05, 0) is 24.4 Å². The van der Waals surface area contributed by atoms with E-state index in [0.717, 1.165) is 4.57 Å². The van der Waals surface area contributed by atoms with Crippen molar-refractivity contribution in [3.8, 4) is 0 Å². The van der Waals surface area contributed by atoms with Crippen molar-refractivity contribution in [3.05, 3.63) is 46.4 Å². The van der Waals surface area contributed by atoms with Gasteiger partial charge in [0.15, 0.2) is 0 Å². The Morgan fingerprint density at radius 2 is 1.95 bits per heavy atom. The predicted octanol–water partition coefficient (Wildman–Crippen LogP) is 2.31. The van der Waals surface area contributed by atoms with E-state index in [2.05, 4.69) is 0 Å². The van der Waals surface area contributed by atoms with Gasteiger partial charge in [0, 0.05) is 11.9 Å². The third-order valence-corrected chi connectivity index (χ3v) is 3.02. The molecule has 0 saturated carbocycles. The lowest BCUT2D eigenvalue weighted by Crippen LogP contribution is -2.37. The van der Waals surface area contributed by atoms with Crippen LogP contribution in [-0.2, 0) is 6.54 Å². The highest BCUT2D eigenvalue weighted by Gasteiger charge is 2.28. The maximum Gasteiger partial charge on any atom is 0.405 e. The molecule has 1 heterocycles. The fraction of sp³-hybridized carbons (Fsp3) is 0.286. The number of aromatic nitrogens is 1. The zero-order valence-corrected chi connectivity index (χ0v) is 11.2. The fourth-order valence-corrected chi connectivity index (χ4v) is 2.07. The summed E-state index contributed by atoms with van der Waals surface area (Å²) in [7, 11) is 0. The zero-order chi connectivity index (χ0) is 15.6. The average Bonchev–Trinajstić information content (AvgIpc) is 2.44. The molecule has 1 aromatic heterocycles. The number of hydrogen-bond donors (Lipinski definition) is 1. The highest BCUT2D eigenvalue weighted by atomic mass is 19.4. The molecule has 0 aliphatic carbocycles. The molecule has 21 heavy (non-hydrogen) atoms. The smallest absolute Gasteiger partial charge is 0.342 e. The van der Waals surface area contributed by atoms with Gasteiger partial charge in [0.1, 0.15) is 12.2 Å². The van der Waals surface area contributed by atoms with Gasteiger partial charge >= 0.3 is 6.18 Å². The molecule has 7 heteroatoms. The second-order valence-corrected chi connectivity index (χ2v) is 4.46. The maximum absolute atomic E-state index is 12.2. The number of benzene rings is 1. The van der Waals surface area contributed by atoms with Gasteiger partial charge in [-0.15, -0.1) is 0 Å². The largest absolute Gasteiger partial charge is 0.405 e. The highest BCUT2D eigenvalue weighted by Crippen LogP contribution is 2.14. The summed E-state index contributed by atoms with van der Waals surface area (Å²) in [6.07, 6.45) is -4.50. The van der Waals surface area contributed by atoms with E-state index >= 15 is 0 Å². The molecule has 2 aromatic rings. The van der Waals surface area contributed by atoms with Crippen molar-refractivity contribution in [1.82, 2.24) is 9.88 Å². The summed E-state index contributed by atoms with van der Waals surface area (Å²) in [4.78, 5) is 24.1. The van der Waals surface area contributed by atoms with Crippen LogP contribution in [0.4, 0.5) is 13.2 Å². The molecule has 0 unspecified atom stereocenters. The first-order chi connectivity index (χ1) is 9.83. The van der Waals surface area contributed by atoms with Crippen molar-refractivity contribution in [2.75, 3.05) is 6.54 Å². The first-order valence-corrected chi connectivity index (χ1v) is 6.31. The quantitative estimate of drug-likeness (QED) is 0.945. The molecule has 0 aliphatic rings. The Kier molecular flexibility index (Phi) is 4.02. The first kappa shape index (κ1) is 15.1. The van der Waals surface area contributed by atoms with E-state index < -0.39 is 24.2 Å². The van der Waals surface area contributed by atoms with E-state index in [4.69, 9.17) is 0 Å². The van der Waals surface area contributed by atoms with E-state index in [1.165, 1.54) is 6.07 Å². The Bertz CT molecular complexity index is 735. The second-order valence-electron chi connectivity index (χ2n) is 4.46. The Labute approximate surface area is 118 Å². The minimum Gasteiger partial charge on any atom is -0.342 e. The van der Waals surface area contributed by atoms with E-state index in [9.17, 15) is 22.8 Å². The Balaban J connectivity index is 2.48. The zero-order valence-electron chi connectivity index (χ0n) is 11.2. The molecule has 0 atom stereocenters. The standard InChI is InChI=1S/C14H13F3N2O2/c1-2-19-11(12(20)18-8-14(15,16)17)7-9-5-3-4-6-10(9)13(19)21/h3-7H,2,8H2,1H3,(H,18,20). The summed E-state index contributed by atoms with van der Waals surface area (Å²) in [5, 5.41) is 2.72. The molecular weight excluding hydrogens is 285 g/mol. The van der Waals surface area contributed by atoms with Crippen LogP contribution in [0.25, 0.3) is 10.8 Å². The number of carbonyl (C=O) groups excluding carboxylic acids is 1. The van der Waals surface area contributed by atoms with Crippen molar-refractivity contribution in [2.45, 2.75) is 19.6 Å². The minimum absolute atomic E-state index is 0.0783. The summed E-state index contributed by atoms with van der Waals surface area (Å²) in [5.41, 5.74) is -0.474. The minimum atomic E-state index is -4.50. The Morgan fingerprint density at radius 1 is 1.29 bits per heavy atom. The molecule has 1 amide bonds. The van der Waals surface area contributed by atoms with Crippen molar-refractivity contribution in [2.24, 2.45) is 0 Å². The lowest BCUT2D eigenvalue weighted by Gasteiger charge is -2.13. The molecule has 0 spiro atoms. The number of halogens is 3. The fourth-order valence-electron chi connectivity index (χ4n) is 2.07. The van der Waals surface area contributed by atoms with Gasteiger partial charge in [-0.25, -0.2) is 0 Å². The third-order valence-electron chi connectivity index (χ3n) is 3.02. The summed E-state index contributed by atoms with van der Waals surface area (Å²) in [5.74, 6) is -0.919. The van der Waals surface area contributed by atoms with Gasteiger partial charge in [-0.2, -0.15) is 13.2 Å². The Morgan fingerprint density at radius 3 is 2.57 bits per heavy atom. The van der Waals surface area contributed by atoms with Crippen LogP contribution in [0.5, 0.6) is 0 Å². The normalized spacial score (nSPS) is 11.6. The topological polar surface area (TPSA) is 51.1 Å². The molecular formula is C14H13F3N2O2. The number of pyridine rings is 1. The number of nitrogens with zero attached hydrogens (tertiary/aromatic N) is 1. The number of rotatable bonds is 3. The van der Waals surface area contributed by atoms with Gasteiger partial charge in [-0.3, -0.25) is 9.59 Å². The number of fused-ring (bicyclic) bond motifs is 1. The van der Waals surface area contributed by atoms with Gasteiger partial charge in [-0.1, -0.05) is 18.2 Å². The molecule has 0 saturated heterocycles. The molecule has 0 radical (unpaired) electrons. The monoisotopic (exact) mass is 298 g/mol. The number of hydrogen-bond acceptors (Lipinski definition) is 2. The SMILES string of the molecule is CCn1c(C(=O)NCC(F)(F)F)cc2ccccc2c1=O. The number of nitrogens with one attached hydrogen (secondary N) is 1. The van der Waals surface area contributed by atoms with Crippen LogP contribution in [0.1, 0.15) is 17.4 Å². The molecule has 4 nitrogen and oxygen atoms in total. The van der Waals surface area contributed by atoms with Crippen LogP contribution in [0, 0.1) is 0 Å². The summed E-state index contributed by atoms with van der Waals surface area (Å²) >= 11 is 0. The number of amides is 1. The van der Waals surface area contributed by atoms with Crippen LogP contribution in [-0.4, -0.2) is 23.2 Å². The lowest BCUT2D eigenvalue weighted by molar-refractivity contribution is -0.123. The van der Waals surface area contributed by atoms with E-state index in [1.807, 2.05) is 0 Å². The molecule has 0 bridgehead atoms. The average molecular weight is 298 g/mol. The van der Waals surface area contributed by atoms with Crippen molar-refractivity contribution in [1.29, 1.82) is 0 Å². The van der Waals surface area contributed by atoms with E-state index in [1.54, 1.807) is 36.5 Å². The molecule has 1 N–H and O–H groups in total. The molecule has 0 fully saturated rings. The molecule has 0 aliphatic heterocycles. The van der Waals surface area contributed by atoms with Crippen LogP contribution >= 0.6 is 0 Å². The van der Waals surface area contributed by atoms with Gasteiger partial charge < -0.3 is 9.88 Å². The van der Waals surface area contributed by atoms with Gasteiger partial charge in [0.2, 0.25) is 0 Å². The molecule has 1 aromatic carbocycles. The van der Waals surface area contributed by atoms with E-state index in [-0.39, 0.29) is 12.2 Å². The number of carbonyl (C=O) groups is 1. The van der Waals surface area contributed by atoms with E-state index in [0.29, 0.717) is 10.8 Å². The van der Waals surface area contributed by atoms with Crippen LogP contribution in [0.15, 0.2) is 35.1 Å².